The minimum Gasteiger partial charge on any atom is -1.00 e. The molecule has 3 aromatic carbocycles. The van der Waals surface area contributed by atoms with Crippen molar-refractivity contribution in [1.82, 2.24) is 0 Å². The third-order valence-corrected chi connectivity index (χ3v) is 8.51. The third kappa shape index (κ3) is 2.54. The largest absolute Gasteiger partial charge is 1.00 e. The Labute approximate surface area is 175 Å². The summed E-state index contributed by atoms with van der Waals surface area (Å²) in [7, 11) is -1.26. The molecule has 0 aromatic heterocycles. The van der Waals surface area contributed by atoms with Crippen LogP contribution in [0.4, 0.5) is 0 Å². The molecule has 0 N–H and O–H groups in total. The first-order valence-corrected chi connectivity index (χ1v) is 10.7. The van der Waals surface area contributed by atoms with Crippen molar-refractivity contribution >= 4 is 45.6 Å². The molecule has 0 saturated carbocycles. The Morgan fingerprint density at radius 3 is 2.50 bits per heavy atom. The van der Waals surface area contributed by atoms with E-state index in [1.54, 1.807) is 15.9 Å². The fourth-order valence-electron chi connectivity index (χ4n) is 4.05. The van der Waals surface area contributed by atoms with Gasteiger partial charge in [0, 0.05) is 25.8 Å². The fraction of sp³-hybridized carbons (Fsp3) is 0.150. The molecule has 24 heavy (non-hydrogen) atoms. The first-order chi connectivity index (χ1) is 10.2. The van der Waals surface area contributed by atoms with Gasteiger partial charge in [0.25, 0.3) is 0 Å². The Balaban J connectivity index is 0.000000694. The van der Waals surface area contributed by atoms with Crippen LogP contribution in [0.25, 0.3) is 27.1 Å². The van der Waals surface area contributed by atoms with Gasteiger partial charge in [-0.2, -0.15) is 0 Å². The predicted octanol–water partition coefficient (Wildman–Crippen LogP) is -1.80. The van der Waals surface area contributed by atoms with E-state index in [0.29, 0.717) is 0 Å². The maximum Gasteiger partial charge on any atom is 0.102 e. The molecule has 0 saturated heterocycles. The molecule has 0 nitrogen and oxygen atoms in total. The Bertz CT molecular complexity index is 996. The molecule has 1 aliphatic carbocycles. The molecule has 0 radical (unpaired) electrons. The number of hydrogen-bond donors (Lipinski definition) is 0. The maximum atomic E-state index is 2.49. The topological polar surface area (TPSA) is 0 Å². The quantitative estimate of drug-likeness (QED) is 0.255. The van der Waals surface area contributed by atoms with Crippen molar-refractivity contribution < 1.29 is 50.7 Å². The number of rotatable bonds is 1. The zero-order valence-corrected chi connectivity index (χ0v) is 19.8. The van der Waals surface area contributed by atoms with Crippen molar-refractivity contribution in [3.8, 4) is 0 Å². The number of fused-ring (bicyclic) bond motifs is 4. The summed E-state index contributed by atoms with van der Waals surface area (Å²) < 4.78 is 0. The minimum absolute atomic E-state index is 0. The van der Waals surface area contributed by atoms with Crippen LogP contribution < -0.4 is 35.2 Å². The van der Waals surface area contributed by atoms with E-state index in [-0.39, 0.29) is 50.7 Å². The molecular formula is C20H17Cl2HfSi-3. The second-order valence-corrected chi connectivity index (χ2v) is 11.1. The summed E-state index contributed by atoms with van der Waals surface area (Å²) in [5.41, 5.74) is 3.09. The summed E-state index contributed by atoms with van der Waals surface area (Å²) in [4.78, 5) is 0. The SMILES string of the molecule is C[Si]1(C)c2cc3c([cH-]c4ccccc43)c(C3=CC=CC3)c21.[Cl-].[Cl-].[Hf]. The molecule has 0 spiro atoms. The van der Waals surface area contributed by atoms with Crippen molar-refractivity contribution in [2.24, 2.45) is 0 Å². The van der Waals surface area contributed by atoms with Gasteiger partial charge in [-0.15, -0.1) is 33.7 Å². The molecule has 1 aliphatic heterocycles. The zero-order valence-electron chi connectivity index (χ0n) is 13.7. The molecule has 1 heterocycles. The maximum absolute atomic E-state index is 2.49. The Kier molecular flexibility index (Phi) is 5.47. The van der Waals surface area contributed by atoms with E-state index in [0.717, 1.165) is 6.42 Å². The molecule has 0 amide bonds. The van der Waals surface area contributed by atoms with Crippen LogP contribution in [-0.4, -0.2) is 8.07 Å². The Morgan fingerprint density at radius 1 is 1.04 bits per heavy atom. The van der Waals surface area contributed by atoms with Crippen LogP contribution >= 0.6 is 0 Å². The number of hydrogen-bond acceptors (Lipinski definition) is 0. The van der Waals surface area contributed by atoms with Gasteiger partial charge in [-0.25, -0.2) is 0 Å². The first kappa shape index (κ1) is 19.8. The van der Waals surface area contributed by atoms with E-state index < -0.39 is 8.07 Å². The first-order valence-electron chi connectivity index (χ1n) is 7.70. The van der Waals surface area contributed by atoms with Crippen LogP contribution in [0.15, 0.2) is 54.6 Å². The van der Waals surface area contributed by atoms with Crippen molar-refractivity contribution in [2.45, 2.75) is 19.5 Å². The summed E-state index contributed by atoms with van der Waals surface area (Å²) in [5.74, 6) is 0. The second kappa shape index (κ2) is 6.64. The van der Waals surface area contributed by atoms with Crippen LogP contribution in [0.1, 0.15) is 12.0 Å². The van der Waals surface area contributed by atoms with Gasteiger partial charge in [0.15, 0.2) is 0 Å². The van der Waals surface area contributed by atoms with Crippen LogP contribution in [0.2, 0.25) is 13.1 Å². The number of allylic oxidation sites excluding steroid dienone is 4. The van der Waals surface area contributed by atoms with Gasteiger partial charge in [-0.05, 0) is 6.42 Å². The monoisotopic (exact) mass is 535 g/mol. The third-order valence-electron chi connectivity index (χ3n) is 5.25. The average molecular weight is 535 g/mol. The molecular weight excluding hydrogens is 518 g/mol. The number of halogens is 2. The van der Waals surface area contributed by atoms with Crippen molar-refractivity contribution in [1.29, 1.82) is 0 Å². The summed E-state index contributed by atoms with van der Waals surface area (Å²) in [6.07, 6.45) is 7.90. The van der Waals surface area contributed by atoms with Crippen LogP contribution in [0.3, 0.4) is 0 Å². The van der Waals surface area contributed by atoms with E-state index >= 15 is 0 Å². The van der Waals surface area contributed by atoms with E-state index in [1.807, 2.05) is 0 Å². The molecule has 122 valence electrons. The second-order valence-electron chi connectivity index (χ2n) is 6.82. The van der Waals surface area contributed by atoms with Gasteiger partial charge in [0.1, 0.15) is 8.07 Å². The molecule has 0 bridgehead atoms. The Hall–Kier alpha value is -0.543. The smallest absolute Gasteiger partial charge is 0.102 e. The summed E-state index contributed by atoms with van der Waals surface area (Å²) in [6, 6.07) is 13.7. The molecule has 0 atom stereocenters. The zero-order chi connectivity index (χ0) is 14.2. The van der Waals surface area contributed by atoms with Crippen LogP contribution in [0, 0.1) is 0 Å². The van der Waals surface area contributed by atoms with Crippen LogP contribution in [0.5, 0.6) is 0 Å². The molecule has 5 rings (SSSR count). The van der Waals surface area contributed by atoms with E-state index in [4.69, 9.17) is 0 Å². The predicted molar refractivity (Wildman–Crippen MR) is 95.5 cm³/mol. The standard InChI is InChI=1S/C20H17Si.2ClH.Hf/c1-21(2)18-12-16-15-10-6-5-9-14(15)11-17(16)19(20(18)21)13-7-3-4-8-13;;;/h3-7,9-12H,8H2,1-2H3;2*1H;/q-1;;;/p-2. The van der Waals surface area contributed by atoms with Gasteiger partial charge >= 0.3 is 0 Å². The molecule has 0 fully saturated rings. The molecule has 2 aliphatic rings. The van der Waals surface area contributed by atoms with E-state index in [1.165, 1.54) is 27.1 Å². The van der Waals surface area contributed by atoms with Gasteiger partial charge in [-0.3, -0.25) is 0 Å². The average Bonchev–Trinajstić information content (AvgIpc) is 2.94. The van der Waals surface area contributed by atoms with Crippen LogP contribution in [-0.2, 0) is 25.8 Å². The summed E-state index contributed by atoms with van der Waals surface area (Å²) >= 11 is 0. The van der Waals surface area contributed by atoms with E-state index in [2.05, 4.69) is 67.7 Å². The molecule has 3 aromatic rings. The van der Waals surface area contributed by atoms with Crippen molar-refractivity contribution in [3.05, 3.63) is 60.2 Å². The summed E-state index contributed by atoms with van der Waals surface area (Å²) in [6.45, 7) is 4.98. The summed E-state index contributed by atoms with van der Waals surface area (Å²) in [5, 5.41) is 9.12. The normalized spacial score (nSPS) is 16.0. The van der Waals surface area contributed by atoms with Gasteiger partial charge < -0.3 is 24.8 Å². The van der Waals surface area contributed by atoms with E-state index in [9.17, 15) is 0 Å². The van der Waals surface area contributed by atoms with Crippen molar-refractivity contribution in [2.75, 3.05) is 0 Å². The fourth-order valence-corrected chi connectivity index (χ4v) is 7.42. The van der Waals surface area contributed by atoms with Crippen molar-refractivity contribution in [3.63, 3.8) is 0 Å². The molecule has 4 heteroatoms. The number of benzene rings is 2. The van der Waals surface area contributed by atoms with Gasteiger partial charge in [-0.1, -0.05) is 77.1 Å². The van der Waals surface area contributed by atoms with Gasteiger partial charge in [0.2, 0.25) is 0 Å². The molecule has 0 unspecified atom stereocenters. The van der Waals surface area contributed by atoms with Gasteiger partial charge in [0.05, 0.1) is 0 Å². The minimum atomic E-state index is -1.26. The Morgan fingerprint density at radius 2 is 1.79 bits per heavy atom.